The molecule has 0 saturated heterocycles. The number of fused-ring (bicyclic) bond motifs is 1. The van der Waals surface area contributed by atoms with Gasteiger partial charge in [0.05, 0.1) is 12.1 Å². The highest BCUT2D eigenvalue weighted by Crippen LogP contribution is 2.35. The fraction of sp³-hybridized carbons (Fsp3) is 0.238. The van der Waals surface area contributed by atoms with Crippen LogP contribution >= 0.6 is 11.6 Å². The topological polar surface area (TPSA) is 48.3 Å². The molecule has 0 atom stereocenters. The van der Waals surface area contributed by atoms with Crippen LogP contribution in [-0.2, 0) is 11.8 Å². The molecule has 0 unspecified atom stereocenters. The van der Waals surface area contributed by atoms with E-state index in [-0.39, 0.29) is 12.2 Å². The van der Waals surface area contributed by atoms with E-state index in [1.807, 2.05) is 44.2 Å². The molecular weight excluding hydrogens is 350 g/mol. The number of benzene rings is 2. The molecule has 0 aliphatic rings. The summed E-state index contributed by atoms with van der Waals surface area (Å²) in [5.74, 6) is -0.610. The van der Waals surface area contributed by atoms with Crippen molar-refractivity contribution in [2.45, 2.75) is 20.8 Å². The van der Waals surface area contributed by atoms with Crippen molar-refractivity contribution in [3.05, 3.63) is 68.5 Å². The van der Waals surface area contributed by atoms with Gasteiger partial charge < -0.3 is 9.30 Å². The van der Waals surface area contributed by atoms with E-state index in [0.717, 1.165) is 22.1 Å². The lowest BCUT2D eigenvalue weighted by molar-refractivity contribution is 0.0525. The van der Waals surface area contributed by atoms with Gasteiger partial charge in [-0.15, -0.1) is 0 Å². The largest absolute Gasteiger partial charge is 0.462 e. The summed E-state index contributed by atoms with van der Waals surface area (Å²) in [6.45, 7) is 5.78. The number of carbonyl (C=O) groups excluding carboxylic acids is 1. The number of hydrogen-bond acceptors (Lipinski definition) is 3. The lowest BCUT2D eigenvalue weighted by Gasteiger charge is -2.17. The number of aryl methyl sites for hydroxylation is 3. The molecule has 0 fully saturated rings. The van der Waals surface area contributed by atoms with Crippen molar-refractivity contribution in [1.82, 2.24) is 4.57 Å². The number of carbonyl (C=O) groups is 1. The molecule has 3 rings (SSSR count). The lowest BCUT2D eigenvalue weighted by atomic mass is 9.92. The van der Waals surface area contributed by atoms with Crippen molar-refractivity contribution in [2.24, 2.45) is 7.05 Å². The molecule has 5 heteroatoms. The number of ether oxygens (including phenoxy) is 1. The number of hydrogen-bond donors (Lipinski definition) is 0. The van der Waals surface area contributed by atoms with Crippen LogP contribution in [0.25, 0.3) is 22.0 Å². The second kappa shape index (κ2) is 6.96. The highest BCUT2D eigenvalue weighted by Gasteiger charge is 2.24. The molecule has 0 bridgehead atoms. The van der Waals surface area contributed by atoms with Gasteiger partial charge in [-0.25, -0.2) is 4.79 Å². The zero-order chi connectivity index (χ0) is 19.0. The summed E-state index contributed by atoms with van der Waals surface area (Å²) in [5.41, 5.74) is 3.62. The van der Waals surface area contributed by atoms with Crippen molar-refractivity contribution < 1.29 is 9.53 Å². The highest BCUT2D eigenvalue weighted by atomic mass is 35.5. The fourth-order valence-electron chi connectivity index (χ4n) is 3.19. The SMILES string of the molecule is CCOC(=O)c1c(-c2ccccc2C)c2cc(C)c(Cl)cc2n(C)c1=O. The number of esters is 1. The van der Waals surface area contributed by atoms with Gasteiger partial charge in [0, 0.05) is 23.0 Å². The summed E-state index contributed by atoms with van der Waals surface area (Å²) in [7, 11) is 1.64. The van der Waals surface area contributed by atoms with Gasteiger partial charge in [0.2, 0.25) is 0 Å². The van der Waals surface area contributed by atoms with Crippen molar-refractivity contribution in [3.8, 4) is 11.1 Å². The molecule has 0 saturated carbocycles. The molecule has 0 spiro atoms. The number of halogens is 1. The van der Waals surface area contributed by atoms with Crippen LogP contribution in [0.1, 0.15) is 28.4 Å². The Labute approximate surface area is 157 Å². The Balaban J connectivity index is 2.57. The van der Waals surface area contributed by atoms with Crippen LogP contribution in [0.3, 0.4) is 0 Å². The first-order valence-corrected chi connectivity index (χ1v) is 8.80. The van der Waals surface area contributed by atoms with E-state index in [1.165, 1.54) is 4.57 Å². The minimum Gasteiger partial charge on any atom is -0.462 e. The zero-order valence-electron chi connectivity index (χ0n) is 15.2. The molecule has 1 heterocycles. The van der Waals surface area contributed by atoms with Gasteiger partial charge >= 0.3 is 5.97 Å². The molecule has 1 aromatic heterocycles. The van der Waals surface area contributed by atoms with Crippen LogP contribution < -0.4 is 5.56 Å². The second-order valence-electron chi connectivity index (χ2n) is 6.27. The molecule has 0 N–H and O–H groups in total. The van der Waals surface area contributed by atoms with Gasteiger partial charge in [0.1, 0.15) is 5.56 Å². The quantitative estimate of drug-likeness (QED) is 0.631. The van der Waals surface area contributed by atoms with Crippen LogP contribution in [0.4, 0.5) is 0 Å². The van der Waals surface area contributed by atoms with Crippen LogP contribution in [0.15, 0.2) is 41.2 Å². The average Bonchev–Trinajstić information content (AvgIpc) is 2.60. The van der Waals surface area contributed by atoms with E-state index in [4.69, 9.17) is 16.3 Å². The molecule has 0 amide bonds. The van der Waals surface area contributed by atoms with E-state index in [9.17, 15) is 9.59 Å². The van der Waals surface area contributed by atoms with Crippen LogP contribution in [0.2, 0.25) is 5.02 Å². The highest BCUT2D eigenvalue weighted by molar-refractivity contribution is 6.32. The number of nitrogens with zero attached hydrogens (tertiary/aromatic N) is 1. The van der Waals surface area contributed by atoms with E-state index < -0.39 is 11.5 Å². The first-order valence-electron chi connectivity index (χ1n) is 8.42. The average molecular weight is 370 g/mol. The maximum atomic E-state index is 13.0. The normalized spacial score (nSPS) is 11.0. The summed E-state index contributed by atoms with van der Waals surface area (Å²) in [5, 5.41) is 1.37. The standard InChI is InChI=1S/C21H20ClNO3/c1-5-26-21(25)19-18(14-9-7-6-8-12(14)2)15-10-13(3)16(22)11-17(15)23(4)20(19)24/h6-11H,5H2,1-4H3. The molecular formula is C21H20ClNO3. The summed E-state index contributed by atoms with van der Waals surface area (Å²) >= 11 is 6.29. The predicted molar refractivity (Wildman–Crippen MR) is 105 cm³/mol. The van der Waals surface area contributed by atoms with Crippen molar-refractivity contribution in [3.63, 3.8) is 0 Å². The Hall–Kier alpha value is -2.59. The molecule has 2 aromatic carbocycles. The van der Waals surface area contributed by atoms with Gasteiger partial charge in [0.25, 0.3) is 5.56 Å². The van der Waals surface area contributed by atoms with Gasteiger partial charge in [0.15, 0.2) is 0 Å². The predicted octanol–water partition coefficient (Wildman–Crippen LogP) is 4.65. The van der Waals surface area contributed by atoms with Gasteiger partial charge in [-0.2, -0.15) is 0 Å². The Morgan fingerprint density at radius 2 is 1.85 bits per heavy atom. The summed E-state index contributed by atoms with van der Waals surface area (Å²) in [6, 6.07) is 11.4. The molecule has 3 aromatic rings. The zero-order valence-corrected chi connectivity index (χ0v) is 16.0. The number of rotatable bonds is 3. The van der Waals surface area contributed by atoms with Crippen molar-refractivity contribution in [1.29, 1.82) is 0 Å². The summed E-state index contributed by atoms with van der Waals surface area (Å²) < 4.78 is 6.64. The van der Waals surface area contributed by atoms with Crippen LogP contribution in [0.5, 0.6) is 0 Å². The summed E-state index contributed by atoms with van der Waals surface area (Å²) in [6.07, 6.45) is 0. The van der Waals surface area contributed by atoms with Crippen molar-refractivity contribution >= 4 is 28.5 Å². The van der Waals surface area contributed by atoms with Crippen molar-refractivity contribution in [2.75, 3.05) is 6.61 Å². The minimum absolute atomic E-state index is 0.0536. The van der Waals surface area contributed by atoms with Crippen LogP contribution in [-0.4, -0.2) is 17.1 Å². The maximum absolute atomic E-state index is 13.0. The Morgan fingerprint density at radius 3 is 2.50 bits per heavy atom. The lowest BCUT2D eigenvalue weighted by Crippen LogP contribution is -2.27. The Bertz CT molecular complexity index is 1080. The molecule has 0 radical (unpaired) electrons. The van der Waals surface area contributed by atoms with Gasteiger partial charge in [-0.1, -0.05) is 35.9 Å². The monoisotopic (exact) mass is 369 g/mol. The second-order valence-corrected chi connectivity index (χ2v) is 6.68. The molecule has 134 valence electrons. The molecule has 0 aliphatic heterocycles. The molecule has 26 heavy (non-hydrogen) atoms. The van der Waals surface area contributed by atoms with E-state index in [2.05, 4.69) is 0 Å². The van der Waals surface area contributed by atoms with E-state index in [0.29, 0.717) is 16.1 Å². The van der Waals surface area contributed by atoms with Crippen LogP contribution in [0, 0.1) is 13.8 Å². The number of aromatic nitrogens is 1. The van der Waals surface area contributed by atoms with E-state index in [1.54, 1.807) is 20.0 Å². The Kier molecular flexibility index (Phi) is 4.88. The molecule has 0 aliphatic carbocycles. The smallest absolute Gasteiger partial charge is 0.344 e. The molecule has 4 nitrogen and oxygen atoms in total. The minimum atomic E-state index is -0.610. The van der Waals surface area contributed by atoms with E-state index >= 15 is 0 Å². The maximum Gasteiger partial charge on any atom is 0.344 e. The fourth-order valence-corrected chi connectivity index (χ4v) is 3.35. The van der Waals surface area contributed by atoms with Gasteiger partial charge in [-0.3, -0.25) is 4.79 Å². The third kappa shape index (κ3) is 2.90. The first-order chi connectivity index (χ1) is 12.4. The third-order valence-corrected chi connectivity index (χ3v) is 4.98. The number of pyridine rings is 1. The first kappa shape index (κ1) is 18.2. The van der Waals surface area contributed by atoms with Gasteiger partial charge in [-0.05, 0) is 49.6 Å². The summed E-state index contributed by atoms with van der Waals surface area (Å²) in [4.78, 5) is 25.7. The third-order valence-electron chi connectivity index (χ3n) is 4.57. The Morgan fingerprint density at radius 1 is 1.15 bits per heavy atom.